The third-order valence-electron chi connectivity index (χ3n) is 8.18. The third-order valence-corrected chi connectivity index (χ3v) is 8.18. The van der Waals surface area contributed by atoms with E-state index < -0.39 is 18.1 Å². The number of nitrogens with one attached hydrogen (secondary N) is 2. The normalized spacial score (nSPS) is 22.4. The average molecular weight is 545 g/mol. The summed E-state index contributed by atoms with van der Waals surface area (Å²) in [6.07, 6.45) is 3.50. The van der Waals surface area contributed by atoms with E-state index in [9.17, 15) is 14.4 Å². The number of hydrogen-bond donors (Lipinski definition) is 2. The van der Waals surface area contributed by atoms with Gasteiger partial charge >= 0.3 is 6.03 Å². The predicted octanol–water partition coefficient (Wildman–Crippen LogP) is 3.80. The molecular formula is C31H40N6O3. The second-order valence-corrected chi connectivity index (χ2v) is 11.8. The molecule has 0 aromatic heterocycles. The van der Waals surface area contributed by atoms with Gasteiger partial charge in [-0.25, -0.2) is 4.79 Å². The van der Waals surface area contributed by atoms with Crippen molar-refractivity contribution in [2.24, 2.45) is 16.8 Å². The summed E-state index contributed by atoms with van der Waals surface area (Å²) in [5.74, 6) is 0.591. The molecule has 4 amide bonds. The molecule has 2 bridgehead atoms. The maximum absolute atomic E-state index is 14.2. The Hall–Kier alpha value is -3.72. The first-order valence-electron chi connectivity index (χ1n) is 14.2. The van der Waals surface area contributed by atoms with Gasteiger partial charge in [-0.05, 0) is 88.7 Å². The quantitative estimate of drug-likeness (QED) is 0.578. The van der Waals surface area contributed by atoms with Gasteiger partial charge in [-0.1, -0.05) is 30.3 Å². The lowest BCUT2D eigenvalue weighted by molar-refractivity contribution is -0.132. The highest BCUT2D eigenvalue weighted by molar-refractivity contribution is 6.15. The SMILES string of the molecule is Cc1cccc(NC(=O)N[C@@H]2N=C(CN(C)C)c3cccc(C)c3N(CC(=O)N3CC4CCC(CC4)C3)C2=O)c1. The first kappa shape index (κ1) is 27.8. The molecule has 6 rings (SSSR count). The summed E-state index contributed by atoms with van der Waals surface area (Å²) < 4.78 is 0. The fraction of sp³-hybridized carbons (Fsp3) is 0.484. The van der Waals surface area contributed by atoms with E-state index in [-0.39, 0.29) is 12.5 Å². The highest BCUT2D eigenvalue weighted by Crippen LogP contribution is 2.35. The lowest BCUT2D eigenvalue weighted by atomic mass is 9.84. The van der Waals surface area contributed by atoms with Crippen LogP contribution in [0, 0.1) is 25.7 Å². The largest absolute Gasteiger partial charge is 0.341 e. The van der Waals surface area contributed by atoms with E-state index in [0.29, 0.717) is 35.5 Å². The zero-order valence-electron chi connectivity index (χ0n) is 23.9. The highest BCUT2D eigenvalue weighted by Gasteiger charge is 2.37. The molecule has 212 valence electrons. The number of benzene rings is 2. The topological polar surface area (TPSA) is 97.3 Å². The number of rotatable bonds is 6. The van der Waals surface area contributed by atoms with Crippen molar-refractivity contribution in [1.82, 2.24) is 15.1 Å². The Labute approximate surface area is 236 Å². The molecule has 0 spiro atoms. The molecule has 3 heterocycles. The van der Waals surface area contributed by atoms with Crippen LogP contribution in [0.2, 0.25) is 0 Å². The summed E-state index contributed by atoms with van der Waals surface area (Å²) in [6.45, 7) is 5.78. The number of aryl methyl sites for hydroxylation is 2. The van der Waals surface area contributed by atoms with E-state index in [4.69, 9.17) is 4.99 Å². The van der Waals surface area contributed by atoms with Gasteiger partial charge in [-0.2, -0.15) is 0 Å². The molecule has 2 aromatic carbocycles. The number of urea groups is 1. The van der Waals surface area contributed by atoms with Gasteiger partial charge in [0.2, 0.25) is 12.1 Å². The summed E-state index contributed by atoms with van der Waals surface area (Å²) >= 11 is 0. The van der Waals surface area contributed by atoms with Gasteiger partial charge in [-0.3, -0.25) is 19.5 Å². The first-order valence-corrected chi connectivity index (χ1v) is 14.2. The maximum Gasteiger partial charge on any atom is 0.321 e. The monoisotopic (exact) mass is 544 g/mol. The number of para-hydroxylation sites is 1. The van der Waals surface area contributed by atoms with Crippen LogP contribution in [0.4, 0.5) is 16.2 Å². The van der Waals surface area contributed by atoms with Gasteiger partial charge in [0.1, 0.15) is 6.54 Å². The summed E-state index contributed by atoms with van der Waals surface area (Å²) in [4.78, 5) is 51.2. The first-order chi connectivity index (χ1) is 19.2. The molecule has 0 unspecified atom stereocenters. The van der Waals surface area contributed by atoms with Crippen LogP contribution >= 0.6 is 0 Å². The Morgan fingerprint density at radius 2 is 1.68 bits per heavy atom. The number of likely N-dealkylation sites (N-methyl/N-ethyl adjacent to an activating group) is 1. The molecule has 1 atom stereocenters. The number of benzodiazepines with no additional fused rings is 1. The van der Waals surface area contributed by atoms with Gasteiger partial charge in [-0.15, -0.1) is 0 Å². The van der Waals surface area contributed by atoms with Gasteiger partial charge in [0, 0.05) is 30.9 Å². The average Bonchev–Trinajstić information content (AvgIpc) is 3.28. The van der Waals surface area contributed by atoms with Crippen LogP contribution in [0.3, 0.4) is 0 Å². The minimum Gasteiger partial charge on any atom is -0.341 e. The van der Waals surface area contributed by atoms with E-state index in [1.165, 1.54) is 25.7 Å². The van der Waals surface area contributed by atoms with Crippen molar-refractivity contribution < 1.29 is 14.4 Å². The number of carbonyl (C=O) groups is 3. The van der Waals surface area contributed by atoms with Crippen LogP contribution in [0.25, 0.3) is 0 Å². The summed E-state index contributed by atoms with van der Waals surface area (Å²) in [5.41, 5.74) is 4.67. The Kier molecular flexibility index (Phi) is 8.21. The molecule has 1 saturated carbocycles. The molecule has 2 aromatic rings. The van der Waals surface area contributed by atoms with E-state index in [2.05, 4.69) is 10.6 Å². The number of anilines is 2. The molecule has 9 heteroatoms. The van der Waals surface area contributed by atoms with Crippen LogP contribution in [-0.2, 0) is 9.59 Å². The lowest BCUT2D eigenvalue weighted by Gasteiger charge is -2.30. The van der Waals surface area contributed by atoms with E-state index in [0.717, 1.165) is 29.8 Å². The van der Waals surface area contributed by atoms with Crippen molar-refractivity contribution in [2.45, 2.75) is 45.7 Å². The zero-order chi connectivity index (χ0) is 28.4. The van der Waals surface area contributed by atoms with Crippen molar-refractivity contribution in [3.05, 3.63) is 59.2 Å². The van der Waals surface area contributed by atoms with Gasteiger partial charge in [0.05, 0.1) is 11.4 Å². The maximum atomic E-state index is 14.2. The Balaban J connectivity index is 1.46. The highest BCUT2D eigenvalue weighted by atomic mass is 16.2. The minimum absolute atomic E-state index is 0.0552. The zero-order valence-corrected chi connectivity index (χ0v) is 23.9. The van der Waals surface area contributed by atoms with Crippen LogP contribution < -0.4 is 15.5 Å². The van der Waals surface area contributed by atoms with E-state index in [1.54, 1.807) is 11.0 Å². The van der Waals surface area contributed by atoms with E-state index >= 15 is 0 Å². The van der Waals surface area contributed by atoms with Gasteiger partial charge in [0.15, 0.2) is 0 Å². The van der Waals surface area contributed by atoms with Crippen molar-refractivity contribution in [2.75, 3.05) is 50.5 Å². The number of aliphatic imine (C=N–C) groups is 1. The fourth-order valence-electron chi connectivity index (χ4n) is 6.21. The Morgan fingerprint density at radius 3 is 2.33 bits per heavy atom. The molecule has 9 nitrogen and oxygen atoms in total. The van der Waals surface area contributed by atoms with Gasteiger partial charge < -0.3 is 20.4 Å². The van der Waals surface area contributed by atoms with Crippen molar-refractivity contribution >= 4 is 34.9 Å². The summed E-state index contributed by atoms with van der Waals surface area (Å²) in [6, 6.07) is 12.7. The predicted molar refractivity (Wildman–Crippen MR) is 158 cm³/mol. The van der Waals surface area contributed by atoms with Crippen LogP contribution in [-0.4, -0.2) is 79.8 Å². The summed E-state index contributed by atoms with van der Waals surface area (Å²) in [7, 11) is 3.87. The lowest BCUT2D eigenvalue weighted by Crippen LogP contribution is -2.52. The second kappa shape index (κ2) is 11.8. The number of fused-ring (bicyclic) bond motifs is 5. The third kappa shape index (κ3) is 6.20. The van der Waals surface area contributed by atoms with Crippen LogP contribution in [0.1, 0.15) is 42.4 Å². The molecule has 2 saturated heterocycles. The smallest absolute Gasteiger partial charge is 0.321 e. The molecule has 1 aliphatic carbocycles. The Morgan fingerprint density at radius 1 is 1.00 bits per heavy atom. The van der Waals surface area contributed by atoms with Gasteiger partial charge in [0.25, 0.3) is 5.91 Å². The Bertz CT molecular complexity index is 1300. The van der Waals surface area contributed by atoms with Crippen molar-refractivity contribution in [3.63, 3.8) is 0 Å². The molecule has 0 radical (unpaired) electrons. The molecule has 40 heavy (non-hydrogen) atoms. The number of hydrogen-bond acceptors (Lipinski definition) is 5. The number of nitrogens with zero attached hydrogens (tertiary/aromatic N) is 4. The van der Waals surface area contributed by atoms with Crippen molar-refractivity contribution in [1.29, 1.82) is 0 Å². The second-order valence-electron chi connectivity index (χ2n) is 11.8. The fourth-order valence-corrected chi connectivity index (χ4v) is 6.21. The van der Waals surface area contributed by atoms with E-state index in [1.807, 2.05) is 74.1 Å². The number of amides is 4. The van der Waals surface area contributed by atoms with Crippen LogP contribution in [0.5, 0.6) is 0 Å². The van der Waals surface area contributed by atoms with Crippen LogP contribution in [0.15, 0.2) is 47.5 Å². The standard InChI is InChI=1S/C31H40N6O3/c1-20-7-5-9-24(15-20)32-31(40)34-29-30(39)37(19-27(38)36-16-22-11-12-23(17-36)14-13-22)28-21(2)8-6-10-25(28)26(33-29)18-35(3)4/h5-10,15,22-23,29H,11-14,16-19H2,1-4H3,(H2,32,34,40)/t22?,23?,29-/m0/s1. The van der Waals surface area contributed by atoms with Crippen molar-refractivity contribution in [3.8, 4) is 0 Å². The molecule has 3 aliphatic heterocycles. The minimum atomic E-state index is -1.18. The molecule has 2 N–H and O–H groups in total. The molecule has 4 aliphatic rings. The molecule has 3 fully saturated rings. The molecular weight excluding hydrogens is 504 g/mol. The number of carbonyl (C=O) groups excluding carboxylic acids is 3. The summed E-state index contributed by atoms with van der Waals surface area (Å²) in [5, 5.41) is 5.59.